The third-order valence-corrected chi connectivity index (χ3v) is 4.40. The molecule has 3 rings (SSSR count). The second-order valence-electron chi connectivity index (χ2n) is 5.55. The van der Waals surface area contributed by atoms with E-state index in [4.69, 9.17) is 9.47 Å². The molecule has 8 heteroatoms. The van der Waals surface area contributed by atoms with Crippen LogP contribution in [0.25, 0.3) is 6.08 Å². The molecule has 2 aromatic carbocycles. The lowest BCUT2D eigenvalue weighted by atomic mass is 10.1. The van der Waals surface area contributed by atoms with Crippen LogP contribution in [0.4, 0.5) is 10.5 Å². The number of urea groups is 1. The maximum absolute atomic E-state index is 12.9. The van der Waals surface area contributed by atoms with Crippen LogP contribution in [-0.4, -0.2) is 32.1 Å². The Hall–Kier alpha value is -3.13. The Balaban J connectivity index is 2.04. The number of barbiturate groups is 1. The summed E-state index contributed by atoms with van der Waals surface area (Å²) in [7, 11) is 2.99. The minimum atomic E-state index is -0.804. The standard InChI is InChI=1S/C19H15BrN2O5/c1-26-14-7-6-11(16(10-14)27-2)8-15-17(23)21-19(25)22(18(15)24)13-5-3-4-12(20)9-13/h3-10H,1-2H3,(H,21,23,25)/b15-8-. The van der Waals surface area contributed by atoms with E-state index < -0.39 is 17.8 Å². The fourth-order valence-corrected chi connectivity index (χ4v) is 2.99. The van der Waals surface area contributed by atoms with Crippen LogP contribution in [-0.2, 0) is 9.59 Å². The summed E-state index contributed by atoms with van der Waals surface area (Å²) in [6.45, 7) is 0. The molecule has 0 bridgehead atoms. The molecule has 0 atom stereocenters. The minimum absolute atomic E-state index is 0.182. The monoisotopic (exact) mass is 430 g/mol. The van der Waals surface area contributed by atoms with E-state index in [0.29, 0.717) is 27.2 Å². The van der Waals surface area contributed by atoms with E-state index in [-0.39, 0.29) is 5.57 Å². The van der Waals surface area contributed by atoms with Gasteiger partial charge < -0.3 is 9.47 Å². The molecule has 138 valence electrons. The Morgan fingerprint density at radius 1 is 1.04 bits per heavy atom. The van der Waals surface area contributed by atoms with Crippen molar-refractivity contribution in [2.75, 3.05) is 19.1 Å². The normalized spacial score (nSPS) is 15.7. The number of nitrogens with zero attached hydrogens (tertiary/aromatic N) is 1. The molecule has 1 heterocycles. The lowest BCUT2D eigenvalue weighted by molar-refractivity contribution is -0.122. The first-order chi connectivity index (χ1) is 12.9. The van der Waals surface area contributed by atoms with Gasteiger partial charge in [0.25, 0.3) is 11.8 Å². The molecule has 4 amide bonds. The molecule has 0 spiro atoms. The van der Waals surface area contributed by atoms with Crippen LogP contribution < -0.4 is 19.7 Å². The van der Waals surface area contributed by atoms with Crippen molar-refractivity contribution in [3.63, 3.8) is 0 Å². The maximum atomic E-state index is 12.9. The topological polar surface area (TPSA) is 84.9 Å². The molecule has 7 nitrogen and oxygen atoms in total. The number of methoxy groups -OCH3 is 2. The Morgan fingerprint density at radius 3 is 2.48 bits per heavy atom. The second kappa shape index (κ2) is 7.63. The number of nitrogens with one attached hydrogen (secondary N) is 1. The molecule has 0 radical (unpaired) electrons. The van der Waals surface area contributed by atoms with Gasteiger partial charge in [0, 0.05) is 16.1 Å². The third-order valence-electron chi connectivity index (χ3n) is 3.91. The highest BCUT2D eigenvalue weighted by molar-refractivity contribution is 9.10. The van der Waals surface area contributed by atoms with Gasteiger partial charge in [-0.15, -0.1) is 0 Å². The van der Waals surface area contributed by atoms with Gasteiger partial charge in [0.05, 0.1) is 19.9 Å². The number of anilines is 1. The van der Waals surface area contributed by atoms with Crippen LogP contribution >= 0.6 is 15.9 Å². The summed E-state index contributed by atoms with van der Waals surface area (Å²) in [5.74, 6) is -0.499. The molecule has 0 unspecified atom stereocenters. The molecule has 1 aliphatic heterocycles. The number of hydrogen-bond acceptors (Lipinski definition) is 5. The quantitative estimate of drug-likeness (QED) is 0.594. The van der Waals surface area contributed by atoms with Crippen molar-refractivity contribution in [3.05, 3.63) is 58.1 Å². The number of imide groups is 2. The predicted octanol–water partition coefficient (Wildman–Crippen LogP) is 3.13. The van der Waals surface area contributed by atoms with Crippen molar-refractivity contribution >= 4 is 45.5 Å². The van der Waals surface area contributed by atoms with E-state index in [1.54, 1.807) is 42.5 Å². The first kappa shape index (κ1) is 18.7. The van der Waals surface area contributed by atoms with Crippen molar-refractivity contribution in [2.45, 2.75) is 0 Å². The summed E-state index contributed by atoms with van der Waals surface area (Å²) in [6.07, 6.45) is 1.38. The fraction of sp³-hybridized carbons (Fsp3) is 0.105. The average Bonchev–Trinajstić information content (AvgIpc) is 2.65. The van der Waals surface area contributed by atoms with Crippen LogP contribution in [0.5, 0.6) is 11.5 Å². The number of rotatable bonds is 4. The van der Waals surface area contributed by atoms with E-state index in [0.717, 1.165) is 4.90 Å². The van der Waals surface area contributed by atoms with Crippen molar-refractivity contribution in [1.29, 1.82) is 0 Å². The summed E-state index contributed by atoms with van der Waals surface area (Å²) >= 11 is 3.30. The minimum Gasteiger partial charge on any atom is -0.497 e. The molecule has 1 N–H and O–H groups in total. The summed E-state index contributed by atoms with van der Waals surface area (Å²) in [6, 6.07) is 10.8. The van der Waals surface area contributed by atoms with Crippen LogP contribution in [0.15, 0.2) is 52.5 Å². The molecule has 27 heavy (non-hydrogen) atoms. The van der Waals surface area contributed by atoms with Gasteiger partial charge in [0.15, 0.2) is 0 Å². The zero-order chi connectivity index (χ0) is 19.6. The maximum Gasteiger partial charge on any atom is 0.335 e. The molecule has 1 fully saturated rings. The smallest absolute Gasteiger partial charge is 0.335 e. The zero-order valence-corrected chi connectivity index (χ0v) is 16.1. The molecule has 1 saturated heterocycles. The lowest BCUT2D eigenvalue weighted by Gasteiger charge is -2.26. The van der Waals surface area contributed by atoms with Gasteiger partial charge in [0.2, 0.25) is 0 Å². The number of hydrogen-bond donors (Lipinski definition) is 1. The second-order valence-corrected chi connectivity index (χ2v) is 6.46. The SMILES string of the molecule is COc1ccc(/C=C2/C(=O)NC(=O)N(c3cccc(Br)c3)C2=O)c(OC)c1. The van der Waals surface area contributed by atoms with Crippen molar-refractivity contribution in [2.24, 2.45) is 0 Å². The highest BCUT2D eigenvalue weighted by atomic mass is 79.9. The fourth-order valence-electron chi connectivity index (χ4n) is 2.60. The number of halogens is 1. The Bertz CT molecular complexity index is 970. The molecular formula is C19H15BrN2O5. The number of carbonyl (C=O) groups excluding carboxylic acids is 3. The van der Waals surface area contributed by atoms with Gasteiger partial charge in [-0.3, -0.25) is 14.9 Å². The largest absolute Gasteiger partial charge is 0.497 e. The first-order valence-corrected chi connectivity index (χ1v) is 8.63. The van der Waals surface area contributed by atoms with Gasteiger partial charge in [-0.05, 0) is 36.4 Å². The summed E-state index contributed by atoms with van der Waals surface area (Å²) in [4.78, 5) is 38.3. The van der Waals surface area contributed by atoms with Crippen molar-refractivity contribution in [3.8, 4) is 11.5 Å². The molecule has 2 aromatic rings. The Kier molecular flexibility index (Phi) is 5.27. The van der Waals surface area contributed by atoms with E-state index in [1.807, 2.05) is 0 Å². The zero-order valence-electron chi connectivity index (χ0n) is 14.5. The Morgan fingerprint density at radius 2 is 1.81 bits per heavy atom. The summed E-state index contributed by atoms with van der Waals surface area (Å²) < 4.78 is 11.1. The van der Waals surface area contributed by atoms with E-state index in [1.165, 1.54) is 20.3 Å². The third kappa shape index (κ3) is 3.70. The number of carbonyl (C=O) groups is 3. The highest BCUT2D eigenvalue weighted by Gasteiger charge is 2.37. The molecule has 0 aliphatic carbocycles. The van der Waals surface area contributed by atoms with Gasteiger partial charge >= 0.3 is 6.03 Å². The van der Waals surface area contributed by atoms with E-state index in [9.17, 15) is 14.4 Å². The number of ether oxygens (including phenoxy) is 2. The molecule has 0 saturated carbocycles. The van der Waals surface area contributed by atoms with E-state index >= 15 is 0 Å². The van der Waals surface area contributed by atoms with Gasteiger partial charge in [-0.1, -0.05) is 22.0 Å². The Labute approximate surface area is 163 Å². The highest BCUT2D eigenvalue weighted by Crippen LogP contribution is 2.29. The van der Waals surface area contributed by atoms with Crippen LogP contribution in [0.1, 0.15) is 5.56 Å². The van der Waals surface area contributed by atoms with Gasteiger partial charge in [-0.25, -0.2) is 9.69 Å². The summed E-state index contributed by atoms with van der Waals surface area (Å²) in [5, 5.41) is 2.19. The molecule has 0 aromatic heterocycles. The van der Waals surface area contributed by atoms with E-state index in [2.05, 4.69) is 21.2 Å². The van der Waals surface area contributed by atoms with Crippen LogP contribution in [0.2, 0.25) is 0 Å². The first-order valence-electron chi connectivity index (χ1n) is 7.83. The van der Waals surface area contributed by atoms with Crippen molar-refractivity contribution < 1.29 is 23.9 Å². The van der Waals surface area contributed by atoms with Gasteiger partial charge in [-0.2, -0.15) is 0 Å². The average molecular weight is 431 g/mol. The van der Waals surface area contributed by atoms with Crippen LogP contribution in [0, 0.1) is 0 Å². The predicted molar refractivity (Wildman–Crippen MR) is 103 cm³/mol. The van der Waals surface area contributed by atoms with Crippen LogP contribution in [0.3, 0.4) is 0 Å². The van der Waals surface area contributed by atoms with Crippen molar-refractivity contribution in [1.82, 2.24) is 5.32 Å². The van der Waals surface area contributed by atoms with Gasteiger partial charge in [0.1, 0.15) is 17.1 Å². The number of amides is 4. The number of benzene rings is 2. The molecular weight excluding hydrogens is 416 g/mol. The molecule has 1 aliphatic rings. The lowest BCUT2D eigenvalue weighted by Crippen LogP contribution is -2.54. The summed E-state index contributed by atoms with van der Waals surface area (Å²) in [5.41, 5.74) is 0.658.